The van der Waals surface area contributed by atoms with Crippen LogP contribution in [0.2, 0.25) is 0 Å². The van der Waals surface area contributed by atoms with Crippen molar-refractivity contribution in [2.45, 2.75) is 20.4 Å². The Bertz CT molecular complexity index is 717. The van der Waals surface area contributed by atoms with Crippen LogP contribution in [0.4, 0.5) is 0 Å². The summed E-state index contributed by atoms with van der Waals surface area (Å²) in [6.45, 7) is 5.74. The number of carbonyl (C=O) groups excluding carboxylic acids is 1. The Kier molecular flexibility index (Phi) is 9.43. The molecule has 2 aromatic rings. The first-order chi connectivity index (χ1) is 11.6. The Balaban J connectivity index is 0.00000312. The number of aromatic nitrogens is 1. The molecule has 0 radical (unpaired) electrons. The summed E-state index contributed by atoms with van der Waals surface area (Å²) in [5.74, 6) is 0.620. The van der Waals surface area contributed by atoms with Gasteiger partial charge in [-0.3, -0.25) is 9.79 Å². The third-order valence-electron chi connectivity index (χ3n) is 3.28. The van der Waals surface area contributed by atoms with Crippen molar-refractivity contribution in [1.29, 1.82) is 0 Å². The van der Waals surface area contributed by atoms with Crippen LogP contribution >= 0.6 is 35.3 Å². The van der Waals surface area contributed by atoms with Crippen LogP contribution in [0.5, 0.6) is 0 Å². The van der Waals surface area contributed by atoms with Crippen LogP contribution in [0.1, 0.15) is 25.8 Å². The molecule has 1 heterocycles. The highest BCUT2D eigenvalue weighted by atomic mass is 127. The number of amides is 1. The van der Waals surface area contributed by atoms with Gasteiger partial charge in [0.05, 0.1) is 6.54 Å². The van der Waals surface area contributed by atoms with Crippen molar-refractivity contribution in [2.24, 2.45) is 4.99 Å². The maximum absolute atomic E-state index is 12.0. The number of hydrogen-bond acceptors (Lipinski definition) is 4. The molecule has 0 fully saturated rings. The van der Waals surface area contributed by atoms with Crippen LogP contribution in [0, 0.1) is 13.8 Å². The van der Waals surface area contributed by atoms with E-state index >= 15 is 0 Å². The lowest BCUT2D eigenvalue weighted by molar-refractivity contribution is 0.0954. The molecule has 0 unspecified atom stereocenters. The van der Waals surface area contributed by atoms with E-state index in [-0.39, 0.29) is 29.9 Å². The van der Waals surface area contributed by atoms with E-state index in [0.29, 0.717) is 31.2 Å². The van der Waals surface area contributed by atoms with Gasteiger partial charge >= 0.3 is 0 Å². The van der Waals surface area contributed by atoms with E-state index in [1.807, 2.05) is 44.3 Å². The summed E-state index contributed by atoms with van der Waals surface area (Å²) >= 11 is 1.66. The van der Waals surface area contributed by atoms with Crippen LogP contribution in [0.15, 0.2) is 35.5 Å². The van der Waals surface area contributed by atoms with Gasteiger partial charge < -0.3 is 16.0 Å². The van der Waals surface area contributed by atoms with Crippen molar-refractivity contribution < 1.29 is 4.79 Å². The van der Waals surface area contributed by atoms with Gasteiger partial charge in [-0.2, -0.15) is 0 Å². The van der Waals surface area contributed by atoms with Gasteiger partial charge in [-0.25, -0.2) is 4.98 Å². The molecule has 2 rings (SSSR count). The number of halogens is 1. The lowest BCUT2D eigenvalue weighted by atomic mass is 10.1. The van der Waals surface area contributed by atoms with Gasteiger partial charge in [-0.1, -0.05) is 17.7 Å². The van der Waals surface area contributed by atoms with Crippen molar-refractivity contribution in [3.8, 4) is 0 Å². The molecule has 0 saturated heterocycles. The number of aliphatic imine (C=N–C) groups is 1. The SMILES string of the molecule is CN=C(NCCNC(=O)c1cccc(C)c1)NCc1ncc(C)s1.I. The van der Waals surface area contributed by atoms with Crippen LogP contribution in [-0.2, 0) is 6.54 Å². The second-order valence-corrected chi connectivity index (χ2v) is 6.66. The van der Waals surface area contributed by atoms with E-state index in [2.05, 4.69) is 25.9 Å². The predicted molar refractivity (Wildman–Crippen MR) is 114 cm³/mol. The number of hydrogen-bond donors (Lipinski definition) is 3. The Morgan fingerprint density at radius 3 is 2.60 bits per heavy atom. The number of nitrogens with one attached hydrogen (secondary N) is 3. The molecule has 6 nitrogen and oxygen atoms in total. The molecular weight excluding hydrogens is 449 g/mol. The highest BCUT2D eigenvalue weighted by Gasteiger charge is 2.05. The van der Waals surface area contributed by atoms with Crippen LogP contribution in [0.25, 0.3) is 0 Å². The molecule has 3 N–H and O–H groups in total. The van der Waals surface area contributed by atoms with Crippen molar-refractivity contribution in [3.63, 3.8) is 0 Å². The number of rotatable bonds is 6. The van der Waals surface area contributed by atoms with E-state index < -0.39 is 0 Å². The van der Waals surface area contributed by atoms with E-state index in [4.69, 9.17) is 0 Å². The van der Waals surface area contributed by atoms with Gasteiger partial charge in [0.1, 0.15) is 5.01 Å². The Hall–Kier alpha value is -1.68. The second-order valence-electron chi connectivity index (χ2n) is 5.34. The minimum Gasteiger partial charge on any atom is -0.355 e. The standard InChI is InChI=1S/C17H23N5OS.HI/c1-12-5-4-6-14(9-12)16(23)19-7-8-20-17(18-3)22-11-15-21-10-13(2)24-15;/h4-6,9-10H,7-8,11H2,1-3H3,(H,19,23)(H2,18,20,22);1H. The van der Waals surface area contributed by atoms with Crippen molar-refractivity contribution in [2.75, 3.05) is 20.1 Å². The zero-order valence-electron chi connectivity index (χ0n) is 14.6. The molecule has 1 aromatic heterocycles. The van der Waals surface area contributed by atoms with E-state index in [0.717, 1.165) is 10.6 Å². The molecule has 136 valence electrons. The van der Waals surface area contributed by atoms with Gasteiger partial charge in [0.25, 0.3) is 5.91 Å². The first-order valence-corrected chi connectivity index (χ1v) is 8.61. The summed E-state index contributed by atoms with van der Waals surface area (Å²) in [6.07, 6.45) is 1.86. The van der Waals surface area contributed by atoms with Crippen LogP contribution < -0.4 is 16.0 Å². The summed E-state index contributed by atoms with van der Waals surface area (Å²) in [4.78, 5) is 21.7. The van der Waals surface area contributed by atoms with Crippen molar-refractivity contribution in [3.05, 3.63) is 51.5 Å². The minimum atomic E-state index is -0.0679. The molecule has 0 spiro atoms. The predicted octanol–water partition coefficient (Wildman–Crippen LogP) is 2.47. The first kappa shape index (κ1) is 21.4. The third-order valence-corrected chi connectivity index (χ3v) is 4.20. The normalized spacial score (nSPS) is 10.8. The average Bonchev–Trinajstić information content (AvgIpc) is 2.99. The minimum absolute atomic E-state index is 0. The van der Waals surface area contributed by atoms with E-state index in [1.54, 1.807) is 18.4 Å². The molecule has 25 heavy (non-hydrogen) atoms. The van der Waals surface area contributed by atoms with Gasteiger partial charge in [0.15, 0.2) is 5.96 Å². The smallest absolute Gasteiger partial charge is 0.251 e. The number of benzene rings is 1. The molecule has 0 saturated carbocycles. The number of carbonyl (C=O) groups is 1. The fraction of sp³-hybridized carbons (Fsp3) is 0.353. The fourth-order valence-electron chi connectivity index (χ4n) is 2.11. The molecule has 0 aliphatic heterocycles. The largest absolute Gasteiger partial charge is 0.355 e. The quantitative estimate of drug-likeness (QED) is 0.261. The maximum Gasteiger partial charge on any atom is 0.251 e. The molecule has 0 aliphatic rings. The van der Waals surface area contributed by atoms with Gasteiger partial charge in [0.2, 0.25) is 0 Å². The molecular formula is C17H24IN5OS. The molecule has 0 bridgehead atoms. The zero-order valence-corrected chi connectivity index (χ0v) is 17.8. The lowest BCUT2D eigenvalue weighted by Crippen LogP contribution is -2.41. The zero-order chi connectivity index (χ0) is 17.4. The monoisotopic (exact) mass is 473 g/mol. The summed E-state index contributed by atoms with van der Waals surface area (Å²) in [7, 11) is 1.72. The maximum atomic E-state index is 12.0. The van der Waals surface area contributed by atoms with Gasteiger partial charge in [-0.05, 0) is 26.0 Å². The second kappa shape index (κ2) is 11.0. The summed E-state index contributed by atoms with van der Waals surface area (Å²) in [6, 6.07) is 7.54. The number of guanidine groups is 1. The fourth-order valence-corrected chi connectivity index (χ4v) is 2.84. The summed E-state index contributed by atoms with van der Waals surface area (Å²) in [5, 5.41) is 10.3. The summed E-state index contributed by atoms with van der Waals surface area (Å²) in [5.41, 5.74) is 1.75. The Labute approximate surface area is 169 Å². The molecule has 0 aliphatic carbocycles. The number of thiazole rings is 1. The van der Waals surface area contributed by atoms with Gasteiger partial charge in [0, 0.05) is 36.8 Å². The number of aryl methyl sites for hydroxylation is 2. The highest BCUT2D eigenvalue weighted by molar-refractivity contribution is 14.0. The molecule has 8 heteroatoms. The van der Waals surface area contributed by atoms with E-state index in [1.165, 1.54) is 4.88 Å². The first-order valence-electron chi connectivity index (χ1n) is 7.79. The highest BCUT2D eigenvalue weighted by Crippen LogP contribution is 2.10. The summed E-state index contributed by atoms with van der Waals surface area (Å²) < 4.78 is 0. The molecule has 1 aromatic carbocycles. The third kappa shape index (κ3) is 7.39. The molecule has 1 amide bonds. The average molecular weight is 473 g/mol. The van der Waals surface area contributed by atoms with Crippen molar-refractivity contribution in [1.82, 2.24) is 20.9 Å². The Morgan fingerprint density at radius 2 is 1.96 bits per heavy atom. The molecule has 0 atom stereocenters. The lowest BCUT2D eigenvalue weighted by Gasteiger charge is -2.11. The number of nitrogens with zero attached hydrogens (tertiary/aromatic N) is 2. The van der Waals surface area contributed by atoms with Gasteiger partial charge in [-0.15, -0.1) is 35.3 Å². The van der Waals surface area contributed by atoms with Crippen LogP contribution in [0.3, 0.4) is 0 Å². The Morgan fingerprint density at radius 1 is 1.20 bits per heavy atom. The topological polar surface area (TPSA) is 78.4 Å². The van der Waals surface area contributed by atoms with Crippen LogP contribution in [-0.4, -0.2) is 37.0 Å². The van der Waals surface area contributed by atoms with E-state index in [9.17, 15) is 4.79 Å². The van der Waals surface area contributed by atoms with Crippen molar-refractivity contribution >= 4 is 47.2 Å².